The summed E-state index contributed by atoms with van der Waals surface area (Å²) < 4.78 is 13.7. The van der Waals surface area contributed by atoms with E-state index in [-0.39, 0.29) is 29.0 Å². The molecule has 6 heteroatoms. The van der Waals surface area contributed by atoms with E-state index in [2.05, 4.69) is 10.6 Å². The van der Waals surface area contributed by atoms with E-state index in [4.69, 9.17) is 11.6 Å². The summed E-state index contributed by atoms with van der Waals surface area (Å²) in [5.41, 5.74) is -0.0463. The number of benzene rings is 1. The number of halogens is 3. The van der Waals surface area contributed by atoms with Crippen LogP contribution in [0.1, 0.15) is 36.0 Å². The molecular formula is C14H17Cl2FN2O. The Labute approximate surface area is 128 Å². The average Bonchev–Trinajstić information content (AvgIpc) is 2.68. The molecule has 1 aromatic carbocycles. The third-order valence-electron chi connectivity index (χ3n) is 4.00. The van der Waals surface area contributed by atoms with E-state index < -0.39 is 11.7 Å². The molecule has 2 aliphatic heterocycles. The van der Waals surface area contributed by atoms with E-state index in [9.17, 15) is 9.18 Å². The van der Waals surface area contributed by atoms with Gasteiger partial charge in [0, 0.05) is 18.1 Å². The summed E-state index contributed by atoms with van der Waals surface area (Å²) >= 11 is 5.90. The molecule has 2 unspecified atom stereocenters. The summed E-state index contributed by atoms with van der Waals surface area (Å²) in [6.45, 7) is 0. The fourth-order valence-electron chi connectivity index (χ4n) is 3.15. The van der Waals surface area contributed by atoms with Crippen LogP contribution in [0.4, 0.5) is 4.39 Å². The van der Waals surface area contributed by atoms with Crippen LogP contribution >= 0.6 is 24.0 Å². The van der Waals surface area contributed by atoms with Crippen molar-refractivity contribution in [1.82, 2.24) is 10.6 Å². The number of amides is 1. The van der Waals surface area contributed by atoms with Crippen molar-refractivity contribution >= 4 is 29.9 Å². The second-order valence-corrected chi connectivity index (χ2v) is 5.78. The largest absolute Gasteiger partial charge is 0.349 e. The van der Waals surface area contributed by atoms with Gasteiger partial charge in [0.05, 0.1) is 10.6 Å². The normalized spacial score (nSPS) is 27.8. The predicted octanol–water partition coefficient (Wildman–Crippen LogP) is 2.91. The van der Waals surface area contributed by atoms with E-state index in [1.807, 2.05) is 0 Å². The minimum absolute atomic E-state index is 0. The summed E-state index contributed by atoms with van der Waals surface area (Å²) in [7, 11) is 0. The van der Waals surface area contributed by atoms with E-state index in [1.54, 1.807) is 0 Å². The first-order valence-corrected chi connectivity index (χ1v) is 7.02. The lowest BCUT2D eigenvalue weighted by Gasteiger charge is -2.29. The van der Waals surface area contributed by atoms with Crippen molar-refractivity contribution in [2.24, 2.45) is 0 Å². The summed E-state index contributed by atoms with van der Waals surface area (Å²) in [5.74, 6) is -0.976. The van der Waals surface area contributed by atoms with Crippen molar-refractivity contribution in [2.45, 2.75) is 43.8 Å². The predicted molar refractivity (Wildman–Crippen MR) is 79.1 cm³/mol. The lowest BCUT2D eigenvalue weighted by atomic mass is 9.99. The molecule has 2 aliphatic rings. The molecule has 1 aromatic rings. The highest BCUT2D eigenvalue weighted by Gasteiger charge is 2.34. The van der Waals surface area contributed by atoms with Gasteiger partial charge in [-0.2, -0.15) is 0 Å². The van der Waals surface area contributed by atoms with Gasteiger partial charge in [0.15, 0.2) is 0 Å². The summed E-state index contributed by atoms with van der Waals surface area (Å²) in [6, 6.07) is 5.37. The van der Waals surface area contributed by atoms with Crippen LogP contribution in [0.15, 0.2) is 18.2 Å². The molecule has 20 heavy (non-hydrogen) atoms. The van der Waals surface area contributed by atoms with Gasteiger partial charge in [0.2, 0.25) is 0 Å². The van der Waals surface area contributed by atoms with E-state index in [1.165, 1.54) is 18.2 Å². The number of carbonyl (C=O) groups is 1. The molecule has 3 rings (SSSR count). The molecule has 3 nitrogen and oxygen atoms in total. The Morgan fingerprint density at radius 2 is 1.95 bits per heavy atom. The average molecular weight is 319 g/mol. The number of piperidine rings is 1. The summed E-state index contributed by atoms with van der Waals surface area (Å²) in [4.78, 5) is 12.1. The zero-order valence-electron chi connectivity index (χ0n) is 10.9. The third-order valence-corrected chi connectivity index (χ3v) is 4.31. The molecule has 2 bridgehead atoms. The lowest BCUT2D eigenvalue weighted by molar-refractivity contribution is 0.0920. The summed E-state index contributed by atoms with van der Waals surface area (Å²) in [5, 5.41) is 6.58. The van der Waals surface area contributed by atoms with Crippen LogP contribution in [-0.4, -0.2) is 24.0 Å². The second-order valence-electron chi connectivity index (χ2n) is 5.38. The maximum absolute atomic E-state index is 13.7. The van der Waals surface area contributed by atoms with Gasteiger partial charge in [0.1, 0.15) is 5.82 Å². The molecule has 1 amide bonds. The Bertz CT molecular complexity index is 480. The van der Waals surface area contributed by atoms with Crippen LogP contribution in [-0.2, 0) is 0 Å². The van der Waals surface area contributed by atoms with Gasteiger partial charge in [-0.25, -0.2) is 4.39 Å². The number of hydrogen-bond acceptors (Lipinski definition) is 2. The van der Waals surface area contributed by atoms with Gasteiger partial charge in [-0.05, 0) is 37.8 Å². The lowest BCUT2D eigenvalue weighted by Crippen LogP contribution is -2.48. The highest BCUT2D eigenvalue weighted by molar-refractivity contribution is 6.33. The molecule has 2 atom stereocenters. The van der Waals surface area contributed by atoms with Crippen molar-refractivity contribution < 1.29 is 9.18 Å². The molecule has 2 heterocycles. The van der Waals surface area contributed by atoms with Crippen LogP contribution < -0.4 is 10.6 Å². The Kier molecular flexibility index (Phi) is 4.89. The Balaban J connectivity index is 0.00000147. The molecule has 2 N–H and O–H groups in total. The van der Waals surface area contributed by atoms with E-state index >= 15 is 0 Å². The molecule has 2 fully saturated rings. The van der Waals surface area contributed by atoms with E-state index in [0.717, 1.165) is 25.7 Å². The van der Waals surface area contributed by atoms with Gasteiger partial charge in [-0.1, -0.05) is 17.7 Å². The molecular weight excluding hydrogens is 302 g/mol. The molecule has 0 saturated carbocycles. The van der Waals surface area contributed by atoms with Gasteiger partial charge in [0.25, 0.3) is 5.91 Å². The van der Waals surface area contributed by atoms with Crippen LogP contribution in [0.2, 0.25) is 5.02 Å². The molecule has 0 aliphatic carbocycles. The SMILES string of the molecule is Cl.O=C(NC1CC2CCC(C1)N2)c1c(F)cccc1Cl. The van der Waals surface area contributed by atoms with Gasteiger partial charge in [-0.15, -0.1) is 12.4 Å². The molecule has 0 aromatic heterocycles. The highest BCUT2D eigenvalue weighted by Crippen LogP contribution is 2.27. The van der Waals surface area contributed by atoms with Gasteiger partial charge < -0.3 is 10.6 Å². The van der Waals surface area contributed by atoms with Crippen LogP contribution in [0.3, 0.4) is 0 Å². The van der Waals surface area contributed by atoms with Crippen molar-refractivity contribution in [1.29, 1.82) is 0 Å². The standard InChI is InChI=1S/C14H16ClFN2O.ClH/c15-11-2-1-3-12(16)13(11)14(19)18-10-6-8-4-5-9(7-10)17-8;/h1-3,8-10,17H,4-7H2,(H,18,19);1H. The zero-order valence-corrected chi connectivity index (χ0v) is 12.4. The number of rotatable bonds is 2. The number of hydrogen-bond donors (Lipinski definition) is 2. The minimum atomic E-state index is -0.568. The van der Waals surface area contributed by atoms with Crippen molar-refractivity contribution in [2.75, 3.05) is 0 Å². The fraction of sp³-hybridized carbons (Fsp3) is 0.500. The molecule has 2 saturated heterocycles. The Morgan fingerprint density at radius 3 is 2.55 bits per heavy atom. The second kappa shape index (κ2) is 6.29. The zero-order chi connectivity index (χ0) is 13.4. The number of fused-ring (bicyclic) bond motifs is 2. The molecule has 110 valence electrons. The molecule has 0 radical (unpaired) electrons. The maximum atomic E-state index is 13.7. The monoisotopic (exact) mass is 318 g/mol. The number of nitrogens with one attached hydrogen (secondary N) is 2. The van der Waals surface area contributed by atoms with Crippen molar-refractivity contribution in [3.63, 3.8) is 0 Å². The first-order valence-electron chi connectivity index (χ1n) is 6.64. The van der Waals surface area contributed by atoms with Gasteiger partial charge >= 0.3 is 0 Å². The third kappa shape index (κ3) is 3.08. The first-order chi connectivity index (χ1) is 9.13. The topological polar surface area (TPSA) is 41.1 Å². The van der Waals surface area contributed by atoms with Crippen molar-refractivity contribution in [3.05, 3.63) is 34.6 Å². The van der Waals surface area contributed by atoms with Gasteiger partial charge in [-0.3, -0.25) is 4.79 Å². The van der Waals surface area contributed by atoms with Crippen LogP contribution in [0.25, 0.3) is 0 Å². The van der Waals surface area contributed by atoms with Crippen molar-refractivity contribution in [3.8, 4) is 0 Å². The quantitative estimate of drug-likeness (QED) is 0.880. The Morgan fingerprint density at radius 1 is 1.30 bits per heavy atom. The smallest absolute Gasteiger partial charge is 0.255 e. The Hall–Kier alpha value is -0.840. The molecule has 0 spiro atoms. The number of carbonyl (C=O) groups excluding carboxylic acids is 1. The summed E-state index contributed by atoms with van der Waals surface area (Å²) in [6.07, 6.45) is 4.15. The maximum Gasteiger partial charge on any atom is 0.255 e. The van der Waals surface area contributed by atoms with E-state index in [0.29, 0.717) is 12.1 Å². The van der Waals surface area contributed by atoms with Crippen LogP contribution in [0, 0.1) is 5.82 Å². The first kappa shape index (κ1) is 15.5. The highest BCUT2D eigenvalue weighted by atomic mass is 35.5. The van der Waals surface area contributed by atoms with Crippen LogP contribution in [0.5, 0.6) is 0 Å². The fourth-order valence-corrected chi connectivity index (χ4v) is 3.40. The minimum Gasteiger partial charge on any atom is -0.349 e.